The van der Waals surface area contributed by atoms with Crippen LogP contribution in [0.25, 0.3) is 0 Å². The molecule has 1 amide bonds. The van der Waals surface area contributed by atoms with E-state index in [1.807, 2.05) is 6.92 Å². The number of rotatable bonds is 4. The number of hydrogen-bond donors (Lipinski definition) is 2. The van der Waals surface area contributed by atoms with E-state index < -0.39 is 11.4 Å². The van der Waals surface area contributed by atoms with Crippen LogP contribution < -0.4 is 10.6 Å². The fraction of sp³-hybridized carbons (Fsp3) is 0.462. The molecule has 0 atom stereocenters. The molecule has 0 fully saturated rings. The van der Waals surface area contributed by atoms with E-state index in [9.17, 15) is 9.18 Å². The number of carbonyl (C=O) groups excluding carboxylic acids is 1. The van der Waals surface area contributed by atoms with Crippen LogP contribution in [0.2, 0.25) is 0 Å². The molecule has 0 aliphatic heterocycles. The second-order valence-electron chi connectivity index (χ2n) is 4.54. The van der Waals surface area contributed by atoms with Gasteiger partial charge in [-0.05, 0) is 38.9 Å². The molecule has 0 spiro atoms. The SMILES string of the molecule is CCNC(C)(C)C(=O)Nc1c(C)cccc1F. The maximum atomic E-state index is 13.5. The highest BCUT2D eigenvalue weighted by Gasteiger charge is 2.27. The van der Waals surface area contributed by atoms with Crippen molar-refractivity contribution in [2.45, 2.75) is 33.2 Å². The summed E-state index contributed by atoms with van der Waals surface area (Å²) >= 11 is 0. The minimum absolute atomic E-state index is 0.243. The Labute approximate surface area is 101 Å². The van der Waals surface area contributed by atoms with Gasteiger partial charge in [-0.25, -0.2) is 4.39 Å². The van der Waals surface area contributed by atoms with E-state index in [1.54, 1.807) is 32.9 Å². The van der Waals surface area contributed by atoms with Crippen LogP contribution >= 0.6 is 0 Å². The van der Waals surface area contributed by atoms with Crippen LogP contribution in [0.3, 0.4) is 0 Å². The van der Waals surface area contributed by atoms with Crippen molar-refractivity contribution in [2.75, 3.05) is 11.9 Å². The van der Waals surface area contributed by atoms with E-state index in [-0.39, 0.29) is 11.6 Å². The van der Waals surface area contributed by atoms with Gasteiger partial charge >= 0.3 is 0 Å². The van der Waals surface area contributed by atoms with E-state index in [2.05, 4.69) is 10.6 Å². The van der Waals surface area contributed by atoms with E-state index >= 15 is 0 Å². The maximum Gasteiger partial charge on any atom is 0.244 e. The van der Waals surface area contributed by atoms with Gasteiger partial charge in [0.25, 0.3) is 0 Å². The summed E-state index contributed by atoms with van der Waals surface area (Å²) in [5.41, 5.74) is 0.248. The smallest absolute Gasteiger partial charge is 0.244 e. The molecule has 4 heteroatoms. The van der Waals surface area contributed by atoms with Crippen molar-refractivity contribution in [3.05, 3.63) is 29.6 Å². The van der Waals surface area contributed by atoms with Gasteiger partial charge in [0.15, 0.2) is 0 Å². The first kappa shape index (κ1) is 13.6. The lowest BCUT2D eigenvalue weighted by atomic mass is 10.0. The van der Waals surface area contributed by atoms with E-state index in [0.717, 1.165) is 0 Å². The van der Waals surface area contributed by atoms with Gasteiger partial charge in [-0.3, -0.25) is 4.79 Å². The molecule has 1 rings (SSSR count). The number of carbonyl (C=O) groups is 1. The van der Waals surface area contributed by atoms with Crippen LogP contribution in [0.5, 0.6) is 0 Å². The minimum Gasteiger partial charge on any atom is -0.322 e. The Kier molecular flexibility index (Phi) is 4.23. The van der Waals surface area contributed by atoms with Crippen molar-refractivity contribution in [2.24, 2.45) is 0 Å². The lowest BCUT2D eigenvalue weighted by molar-refractivity contribution is -0.121. The molecule has 1 aromatic carbocycles. The first-order chi connectivity index (χ1) is 7.88. The van der Waals surface area contributed by atoms with Crippen molar-refractivity contribution in [3.8, 4) is 0 Å². The van der Waals surface area contributed by atoms with E-state index in [4.69, 9.17) is 0 Å². The lowest BCUT2D eigenvalue weighted by Crippen LogP contribution is -2.49. The predicted molar refractivity (Wildman–Crippen MR) is 67.5 cm³/mol. The third-order valence-corrected chi connectivity index (χ3v) is 2.65. The number of nitrogens with one attached hydrogen (secondary N) is 2. The van der Waals surface area contributed by atoms with Gasteiger partial charge in [0.05, 0.1) is 11.2 Å². The Hall–Kier alpha value is -1.42. The summed E-state index contributed by atoms with van der Waals surface area (Å²) in [6.45, 7) is 7.89. The topological polar surface area (TPSA) is 41.1 Å². The third kappa shape index (κ3) is 3.27. The number of benzene rings is 1. The molecule has 0 bridgehead atoms. The van der Waals surface area contributed by atoms with Gasteiger partial charge in [0, 0.05) is 0 Å². The van der Waals surface area contributed by atoms with Crippen LogP contribution in [-0.4, -0.2) is 18.0 Å². The average Bonchev–Trinajstić information content (AvgIpc) is 2.23. The fourth-order valence-corrected chi connectivity index (χ4v) is 1.58. The Morgan fingerprint density at radius 3 is 2.59 bits per heavy atom. The predicted octanol–water partition coefficient (Wildman–Crippen LogP) is 2.46. The number of likely N-dealkylation sites (N-methyl/N-ethyl adjacent to an activating group) is 1. The molecule has 1 aromatic rings. The van der Waals surface area contributed by atoms with Gasteiger partial charge < -0.3 is 10.6 Å². The first-order valence-corrected chi connectivity index (χ1v) is 5.70. The lowest BCUT2D eigenvalue weighted by Gasteiger charge is -2.25. The van der Waals surface area contributed by atoms with Gasteiger partial charge in [0.1, 0.15) is 5.82 Å². The van der Waals surface area contributed by atoms with Gasteiger partial charge in [-0.1, -0.05) is 19.1 Å². The molecular formula is C13H19FN2O. The first-order valence-electron chi connectivity index (χ1n) is 5.70. The molecule has 17 heavy (non-hydrogen) atoms. The minimum atomic E-state index is -0.719. The molecule has 0 radical (unpaired) electrons. The molecule has 0 saturated carbocycles. The Bertz CT molecular complexity index is 396. The van der Waals surface area contributed by atoms with Crippen LogP contribution in [-0.2, 0) is 4.79 Å². The zero-order valence-corrected chi connectivity index (χ0v) is 10.7. The molecule has 3 nitrogen and oxygen atoms in total. The van der Waals surface area contributed by atoms with Gasteiger partial charge in [-0.2, -0.15) is 0 Å². The Morgan fingerprint density at radius 2 is 2.06 bits per heavy atom. The van der Waals surface area contributed by atoms with E-state index in [0.29, 0.717) is 12.1 Å². The molecular weight excluding hydrogens is 219 g/mol. The average molecular weight is 238 g/mol. The molecule has 0 heterocycles. The van der Waals surface area contributed by atoms with Crippen molar-refractivity contribution in [1.29, 1.82) is 0 Å². The number of amides is 1. The van der Waals surface area contributed by atoms with Crippen molar-refractivity contribution in [3.63, 3.8) is 0 Å². The maximum absolute atomic E-state index is 13.5. The number of anilines is 1. The monoisotopic (exact) mass is 238 g/mol. The highest BCUT2D eigenvalue weighted by molar-refractivity contribution is 5.98. The van der Waals surface area contributed by atoms with Crippen molar-refractivity contribution < 1.29 is 9.18 Å². The van der Waals surface area contributed by atoms with E-state index in [1.165, 1.54) is 6.07 Å². The summed E-state index contributed by atoms with van der Waals surface area (Å²) in [4.78, 5) is 12.0. The van der Waals surface area contributed by atoms with Gasteiger partial charge in [0.2, 0.25) is 5.91 Å². The summed E-state index contributed by atoms with van der Waals surface area (Å²) < 4.78 is 13.5. The second kappa shape index (κ2) is 5.27. The molecule has 0 unspecified atom stereocenters. The number of aryl methyl sites for hydroxylation is 1. The molecule has 94 valence electrons. The Balaban J connectivity index is 2.88. The van der Waals surface area contributed by atoms with Gasteiger partial charge in [-0.15, -0.1) is 0 Å². The summed E-state index contributed by atoms with van der Waals surface area (Å²) in [6, 6.07) is 4.72. The standard InChI is InChI=1S/C13H19FN2O/c1-5-15-13(3,4)12(17)16-11-9(2)7-6-8-10(11)14/h6-8,15H,5H2,1-4H3,(H,16,17). The zero-order chi connectivity index (χ0) is 13.1. The molecule has 0 aromatic heterocycles. The quantitative estimate of drug-likeness (QED) is 0.846. The normalized spacial score (nSPS) is 11.4. The highest BCUT2D eigenvalue weighted by Crippen LogP contribution is 2.20. The zero-order valence-electron chi connectivity index (χ0n) is 10.7. The van der Waals surface area contributed by atoms with Crippen LogP contribution in [0.1, 0.15) is 26.3 Å². The summed E-state index contributed by atoms with van der Waals surface area (Å²) in [7, 11) is 0. The highest BCUT2D eigenvalue weighted by atomic mass is 19.1. The second-order valence-corrected chi connectivity index (χ2v) is 4.54. The number of halogens is 1. The molecule has 0 aliphatic carbocycles. The Morgan fingerprint density at radius 1 is 1.41 bits per heavy atom. The largest absolute Gasteiger partial charge is 0.322 e. The number of para-hydroxylation sites is 1. The van der Waals surface area contributed by atoms with Crippen molar-refractivity contribution in [1.82, 2.24) is 5.32 Å². The summed E-state index contributed by atoms with van der Waals surface area (Å²) in [5.74, 6) is -0.654. The van der Waals surface area contributed by atoms with Crippen LogP contribution in [0.15, 0.2) is 18.2 Å². The molecule has 2 N–H and O–H groups in total. The van der Waals surface area contributed by atoms with Crippen molar-refractivity contribution >= 4 is 11.6 Å². The molecule has 0 saturated heterocycles. The number of hydrogen-bond acceptors (Lipinski definition) is 2. The third-order valence-electron chi connectivity index (χ3n) is 2.65. The van der Waals surface area contributed by atoms with Crippen LogP contribution in [0.4, 0.5) is 10.1 Å². The van der Waals surface area contributed by atoms with Crippen LogP contribution in [0, 0.1) is 12.7 Å². The summed E-state index contributed by atoms with van der Waals surface area (Å²) in [5, 5.41) is 5.67. The molecule has 0 aliphatic rings. The summed E-state index contributed by atoms with van der Waals surface area (Å²) in [6.07, 6.45) is 0. The fourth-order valence-electron chi connectivity index (χ4n) is 1.58.